The van der Waals surface area contributed by atoms with E-state index in [1.165, 1.54) is 12.1 Å². The first-order chi connectivity index (χ1) is 9.13. The van der Waals surface area contributed by atoms with Crippen LogP contribution in [-0.2, 0) is 9.53 Å². The van der Waals surface area contributed by atoms with E-state index in [9.17, 15) is 9.59 Å². The predicted octanol–water partition coefficient (Wildman–Crippen LogP) is 2.27. The van der Waals surface area contributed by atoms with Gasteiger partial charge in [-0.05, 0) is 25.1 Å². The van der Waals surface area contributed by atoms with Crippen molar-refractivity contribution in [2.45, 2.75) is 6.92 Å². The fourth-order valence-corrected chi connectivity index (χ4v) is 1.85. The summed E-state index contributed by atoms with van der Waals surface area (Å²) in [7, 11) is 0. The zero-order chi connectivity index (χ0) is 13.8. The largest absolute Gasteiger partial charge is 0.460 e. The van der Waals surface area contributed by atoms with Crippen molar-refractivity contribution >= 4 is 23.4 Å². The Morgan fingerprint density at radius 1 is 1.42 bits per heavy atom. The highest BCUT2D eigenvalue weighted by molar-refractivity contribution is 6.41. The van der Waals surface area contributed by atoms with Crippen LogP contribution in [0.15, 0.2) is 36.9 Å². The Morgan fingerprint density at radius 2 is 2.21 bits per heavy atom. The van der Waals surface area contributed by atoms with Crippen LogP contribution in [0.4, 0.5) is 0 Å². The second-order valence-electron chi connectivity index (χ2n) is 3.69. The van der Waals surface area contributed by atoms with Crippen molar-refractivity contribution in [3.63, 3.8) is 0 Å². The normalized spacial score (nSPS) is 10.2. The lowest BCUT2D eigenvalue weighted by Crippen LogP contribution is -2.17. The molecular formula is C13H11ClN2O3. The van der Waals surface area contributed by atoms with Gasteiger partial charge in [-0.3, -0.25) is 4.79 Å². The highest BCUT2D eigenvalue weighted by Crippen LogP contribution is 2.22. The van der Waals surface area contributed by atoms with E-state index in [0.717, 1.165) is 0 Å². The Balaban J connectivity index is 2.29. The van der Waals surface area contributed by atoms with Gasteiger partial charge in [-0.25, -0.2) is 9.78 Å². The zero-order valence-electron chi connectivity index (χ0n) is 10.2. The number of esters is 1. The van der Waals surface area contributed by atoms with E-state index < -0.39 is 11.8 Å². The second-order valence-corrected chi connectivity index (χ2v) is 4.09. The number of benzene rings is 1. The van der Waals surface area contributed by atoms with Crippen LogP contribution in [-0.4, -0.2) is 27.9 Å². The molecule has 0 saturated heterocycles. The van der Waals surface area contributed by atoms with E-state index in [1.54, 1.807) is 36.3 Å². The predicted molar refractivity (Wildman–Crippen MR) is 69.5 cm³/mol. The van der Waals surface area contributed by atoms with Crippen molar-refractivity contribution in [1.29, 1.82) is 0 Å². The molecule has 0 spiro atoms. The number of carbonyl (C=O) groups is 2. The van der Waals surface area contributed by atoms with Crippen LogP contribution >= 0.6 is 11.6 Å². The fourth-order valence-electron chi connectivity index (χ4n) is 1.57. The molecule has 0 bridgehead atoms. The van der Waals surface area contributed by atoms with Crippen molar-refractivity contribution < 1.29 is 14.3 Å². The monoisotopic (exact) mass is 278 g/mol. The molecule has 1 aromatic carbocycles. The number of aromatic nitrogens is 2. The third-order valence-electron chi connectivity index (χ3n) is 2.45. The molecule has 2 rings (SSSR count). The van der Waals surface area contributed by atoms with Gasteiger partial charge in [-0.15, -0.1) is 0 Å². The number of ether oxygens (including phenoxy) is 1. The molecular weight excluding hydrogens is 268 g/mol. The average Bonchev–Trinajstić information content (AvgIpc) is 2.91. The molecule has 0 fully saturated rings. The third kappa shape index (κ3) is 2.82. The molecule has 0 saturated carbocycles. The fraction of sp³-hybridized carbons (Fsp3) is 0.154. The van der Waals surface area contributed by atoms with E-state index in [4.69, 9.17) is 11.6 Å². The molecule has 0 atom stereocenters. The van der Waals surface area contributed by atoms with Crippen LogP contribution in [0.25, 0.3) is 5.69 Å². The van der Waals surface area contributed by atoms with E-state index in [0.29, 0.717) is 10.7 Å². The van der Waals surface area contributed by atoms with E-state index in [1.807, 2.05) is 0 Å². The van der Waals surface area contributed by atoms with Gasteiger partial charge in [-0.1, -0.05) is 11.6 Å². The van der Waals surface area contributed by atoms with Crippen molar-refractivity contribution in [1.82, 2.24) is 9.55 Å². The van der Waals surface area contributed by atoms with Crippen molar-refractivity contribution in [2.75, 3.05) is 6.61 Å². The number of nitrogens with zero attached hydrogens (tertiary/aromatic N) is 2. The Labute approximate surface area is 114 Å². The third-order valence-corrected chi connectivity index (χ3v) is 2.76. The summed E-state index contributed by atoms with van der Waals surface area (Å²) in [5.41, 5.74) is 0.881. The standard InChI is InChI=1S/C13H11ClN2O3/c1-2-19-13(18)12(17)9-3-4-11(10(14)7-9)16-6-5-15-8-16/h3-8H,2H2,1H3. The van der Waals surface area contributed by atoms with Gasteiger partial charge in [0.25, 0.3) is 5.78 Å². The first-order valence-corrected chi connectivity index (χ1v) is 6.00. The van der Waals surface area contributed by atoms with Gasteiger partial charge in [-0.2, -0.15) is 0 Å². The SMILES string of the molecule is CCOC(=O)C(=O)c1ccc(-n2ccnc2)c(Cl)c1. The lowest BCUT2D eigenvalue weighted by atomic mass is 10.1. The molecule has 2 aromatic rings. The zero-order valence-corrected chi connectivity index (χ0v) is 10.9. The van der Waals surface area contributed by atoms with Crippen LogP contribution in [0.5, 0.6) is 0 Å². The van der Waals surface area contributed by atoms with Crippen LogP contribution in [0, 0.1) is 0 Å². The Bertz CT molecular complexity index is 608. The van der Waals surface area contributed by atoms with Crippen LogP contribution in [0.3, 0.4) is 0 Å². The molecule has 0 aliphatic carbocycles. The maximum atomic E-state index is 11.7. The minimum atomic E-state index is -0.881. The summed E-state index contributed by atoms with van der Waals surface area (Å²) in [5.74, 6) is -1.59. The maximum Gasteiger partial charge on any atom is 0.379 e. The molecule has 1 heterocycles. The smallest absolute Gasteiger partial charge is 0.379 e. The van der Waals surface area contributed by atoms with E-state index in [2.05, 4.69) is 9.72 Å². The minimum Gasteiger partial charge on any atom is -0.460 e. The van der Waals surface area contributed by atoms with Crippen molar-refractivity contribution in [3.05, 3.63) is 47.5 Å². The summed E-state index contributed by atoms with van der Waals surface area (Å²) in [6, 6.07) is 4.62. The first-order valence-electron chi connectivity index (χ1n) is 5.62. The van der Waals surface area contributed by atoms with Crippen LogP contribution < -0.4 is 0 Å². The number of imidazole rings is 1. The number of rotatable bonds is 4. The molecule has 19 heavy (non-hydrogen) atoms. The van der Waals surface area contributed by atoms with Crippen molar-refractivity contribution in [2.24, 2.45) is 0 Å². The molecule has 0 aliphatic heterocycles. The van der Waals surface area contributed by atoms with Gasteiger partial charge < -0.3 is 9.30 Å². The lowest BCUT2D eigenvalue weighted by Gasteiger charge is -2.07. The molecule has 0 unspecified atom stereocenters. The van der Waals surface area contributed by atoms with Gasteiger partial charge in [0.05, 0.1) is 23.6 Å². The number of hydrogen-bond donors (Lipinski definition) is 0. The molecule has 98 valence electrons. The van der Waals surface area contributed by atoms with Gasteiger partial charge in [0, 0.05) is 18.0 Å². The molecule has 1 aromatic heterocycles. The Kier molecular flexibility index (Phi) is 3.97. The number of carbonyl (C=O) groups excluding carboxylic acids is 2. The van der Waals surface area contributed by atoms with Gasteiger partial charge in [0.1, 0.15) is 0 Å². The number of halogens is 1. The molecule has 0 radical (unpaired) electrons. The maximum absolute atomic E-state index is 11.7. The summed E-state index contributed by atoms with van der Waals surface area (Å²) in [5, 5.41) is 0.355. The minimum absolute atomic E-state index is 0.158. The summed E-state index contributed by atoms with van der Waals surface area (Å²) in [6.45, 7) is 1.80. The second kappa shape index (κ2) is 5.67. The molecule has 6 heteroatoms. The highest BCUT2D eigenvalue weighted by atomic mass is 35.5. The van der Waals surface area contributed by atoms with Crippen molar-refractivity contribution in [3.8, 4) is 5.69 Å². The quantitative estimate of drug-likeness (QED) is 0.489. The van der Waals surface area contributed by atoms with Gasteiger partial charge in [0.15, 0.2) is 0 Å². The highest BCUT2D eigenvalue weighted by Gasteiger charge is 2.18. The molecule has 5 nitrogen and oxygen atoms in total. The van der Waals surface area contributed by atoms with Crippen LogP contribution in [0.1, 0.15) is 17.3 Å². The average molecular weight is 279 g/mol. The molecule has 0 N–H and O–H groups in total. The van der Waals surface area contributed by atoms with Crippen LogP contribution in [0.2, 0.25) is 5.02 Å². The topological polar surface area (TPSA) is 61.2 Å². The number of Topliss-reactive ketones (excluding diaryl/α,β-unsaturated/α-hetero) is 1. The number of hydrogen-bond acceptors (Lipinski definition) is 4. The Morgan fingerprint density at radius 3 is 2.79 bits per heavy atom. The van der Waals surface area contributed by atoms with Gasteiger partial charge in [0.2, 0.25) is 0 Å². The summed E-state index contributed by atoms with van der Waals surface area (Å²) < 4.78 is 6.36. The summed E-state index contributed by atoms with van der Waals surface area (Å²) >= 11 is 6.09. The summed E-state index contributed by atoms with van der Waals surface area (Å²) in [4.78, 5) is 27.0. The first kappa shape index (κ1) is 13.3. The Hall–Kier alpha value is -2.14. The van der Waals surface area contributed by atoms with E-state index >= 15 is 0 Å². The molecule has 0 amide bonds. The molecule has 0 aliphatic rings. The number of ketones is 1. The summed E-state index contributed by atoms with van der Waals surface area (Å²) in [6.07, 6.45) is 4.94. The van der Waals surface area contributed by atoms with Gasteiger partial charge >= 0.3 is 5.97 Å². The van der Waals surface area contributed by atoms with E-state index in [-0.39, 0.29) is 12.2 Å². The lowest BCUT2D eigenvalue weighted by molar-refractivity contribution is -0.137.